The van der Waals surface area contributed by atoms with Crippen LogP contribution < -0.4 is 5.32 Å². The van der Waals surface area contributed by atoms with Gasteiger partial charge in [0, 0.05) is 18.8 Å². The van der Waals surface area contributed by atoms with Crippen molar-refractivity contribution in [3.63, 3.8) is 0 Å². The molecule has 0 aromatic heterocycles. The predicted octanol–water partition coefficient (Wildman–Crippen LogP) is 1.18. The molecule has 2 rings (SSSR count). The largest absolute Gasteiger partial charge is 0.453 e. The lowest BCUT2D eigenvalue weighted by atomic mass is 10.0. The van der Waals surface area contributed by atoms with E-state index in [1.807, 2.05) is 6.07 Å². The minimum atomic E-state index is -3.19. The number of nitrogens with zero attached hydrogens (tertiary/aromatic N) is 1. The molecule has 0 saturated heterocycles. The van der Waals surface area contributed by atoms with E-state index in [0.717, 1.165) is 11.1 Å². The fourth-order valence-corrected chi connectivity index (χ4v) is 2.86. The number of ether oxygens (including phenoxy) is 1. The number of benzene rings is 1. The highest BCUT2D eigenvalue weighted by molar-refractivity contribution is 7.88. The molecule has 19 heavy (non-hydrogen) atoms. The lowest BCUT2D eigenvalue weighted by molar-refractivity contribution is 0.187. The summed E-state index contributed by atoms with van der Waals surface area (Å²) in [5.74, 6) is 0. The summed E-state index contributed by atoms with van der Waals surface area (Å²) in [6.45, 7) is 0.834. The van der Waals surface area contributed by atoms with Gasteiger partial charge in [-0.2, -0.15) is 4.31 Å². The van der Waals surface area contributed by atoms with Crippen LogP contribution in [0.4, 0.5) is 10.5 Å². The summed E-state index contributed by atoms with van der Waals surface area (Å²) < 4.78 is 29.0. The van der Waals surface area contributed by atoms with Crippen molar-refractivity contribution in [1.29, 1.82) is 0 Å². The van der Waals surface area contributed by atoms with Gasteiger partial charge in [-0.25, -0.2) is 13.2 Å². The number of hydrogen-bond donors (Lipinski definition) is 1. The third-order valence-electron chi connectivity index (χ3n) is 3.08. The number of rotatable bonds is 2. The van der Waals surface area contributed by atoms with Crippen LogP contribution in [0.2, 0.25) is 0 Å². The lowest BCUT2D eigenvalue weighted by Crippen LogP contribution is -2.35. The van der Waals surface area contributed by atoms with Crippen molar-refractivity contribution in [3.05, 3.63) is 29.3 Å². The van der Waals surface area contributed by atoms with E-state index in [0.29, 0.717) is 25.2 Å². The molecule has 0 unspecified atom stereocenters. The van der Waals surface area contributed by atoms with Gasteiger partial charge >= 0.3 is 6.09 Å². The third-order valence-corrected chi connectivity index (χ3v) is 4.33. The number of sulfonamides is 1. The van der Waals surface area contributed by atoms with E-state index in [4.69, 9.17) is 0 Å². The summed E-state index contributed by atoms with van der Waals surface area (Å²) in [5.41, 5.74) is 2.61. The first-order chi connectivity index (χ1) is 8.90. The molecule has 1 heterocycles. The lowest BCUT2D eigenvalue weighted by Gasteiger charge is -2.27. The van der Waals surface area contributed by atoms with Crippen molar-refractivity contribution in [3.8, 4) is 0 Å². The van der Waals surface area contributed by atoms with E-state index in [9.17, 15) is 13.2 Å². The molecule has 0 spiro atoms. The quantitative estimate of drug-likeness (QED) is 0.885. The highest BCUT2D eigenvalue weighted by atomic mass is 32.2. The molecule has 1 aliphatic rings. The molecule has 1 aromatic rings. The zero-order valence-electron chi connectivity index (χ0n) is 10.8. The fourth-order valence-electron chi connectivity index (χ4n) is 2.06. The van der Waals surface area contributed by atoms with Crippen molar-refractivity contribution in [2.45, 2.75) is 13.0 Å². The molecule has 0 aliphatic carbocycles. The van der Waals surface area contributed by atoms with Crippen LogP contribution in [-0.2, 0) is 27.7 Å². The number of fused-ring (bicyclic) bond motifs is 1. The Morgan fingerprint density at radius 3 is 2.74 bits per heavy atom. The standard InChI is InChI=1S/C12H16N2O4S/c1-18-12(15)13-11-4-3-9-5-6-14(19(2,16)17)8-10(9)7-11/h3-4,7H,5-6,8H2,1-2H3,(H,13,15). The normalized spacial score (nSPS) is 15.7. The second kappa shape index (κ2) is 5.18. The van der Waals surface area contributed by atoms with Gasteiger partial charge in [0.2, 0.25) is 10.0 Å². The Labute approximate surface area is 112 Å². The van der Waals surface area contributed by atoms with Crippen LogP contribution in [0.5, 0.6) is 0 Å². The molecule has 1 N–H and O–H groups in total. The van der Waals surface area contributed by atoms with Crippen LogP contribution in [-0.4, -0.2) is 38.7 Å². The van der Waals surface area contributed by atoms with Gasteiger partial charge < -0.3 is 4.74 Å². The molecule has 0 fully saturated rings. The summed E-state index contributed by atoms with van der Waals surface area (Å²) in [6.07, 6.45) is 1.34. The van der Waals surface area contributed by atoms with Crippen LogP contribution in [0.3, 0.4) is 0 Å². The Morgan fingerprint density at radius 1 is 1.37 bits per heavy atom. The number of methoxy groups -OCH3 is 1. The van der Waals surface area contributed by atoms with E-state index in [1.54, 1.807) is 12.1 Å². The average Bonchev–Trinajstić information content (AvgIpc) is 2.36. The molecule has 0 bridgehead atoms. The van der Waals surface area contributed by atoms with Crippen molar-refractivity contribution in [2.75, 3.05) is 25.2 Å². The van der Waals surface area contributed by atoms with Gasteiger partial charge in [0.15, 0.2) is 0 Å². The van der Waals surface area contributed by atoms with E-state index < -0.39 is 16.1 Å². The number of hydrogen-bond acceptors (Lipinski definition) is 4. The van der Waals surface area contributed by atoms with Gasteiger partial charge in [-0.1, -0.05) is 6.07 Å². The number of amides is 1. The summed E-state index contributed by atoms with van der Waals surface area (Å²) in [7, 11) is -1.90. The zero-order valence-corrected chi connectivity index (χ0v) is 11.7. The van der Waals surface area contributed by atoms with Crippen LogP contribution in [0.1, 0.15) is 11.1 Å². The molecular weight excluding hydrogens is 268 g/mol. The minimum absolute atomic E-state index is 0.338. The first-order valence-electron chi connectivity index (χ1n) is 5.82. The highest BCUT2D eigenvalue weighted by Gasteiger charge is 2.23. The first-order valence-corrected chi connectivity index (χ1v) is 7.67. The second-order valence-corrected chi connectivity index (χ2v) is 6.43. The Hall–Kier alpha value is -1.60. The van der Waals surface area contributed by atoms with E-state index in [-0.39, 0.29) is 0 Å². The van der Waals surface area contributed by atoms with Gasteiger partial charge in [0.25, 0.3) is 0 Å². The van der Waals surface area contributed by atoms with Gasteiger partial charge in [0.05, 0.1) is 13.4 Å². The van der Waals surface area contributed by atoms with Gasteiger partial charge in [-0.3, -0.25) is 5.32 Å². The molecule has 0 saturated carbocycles. The van der Waals surface area contributed by atoms with Gasteiger partial charge in [0.1, 0.15) is 0 Å². The van der Waals surface area contributed by atoms with Crippen molar-refractivity contribution < 1.29 is 17.9 Å². The first kappa shape index (κ1) is 13.8. The van der Waals surface area contributed by atoms with E-state index >= 15 is 0 Å². The van der Waals surface area contributed by atoms with Crippen molar-refractivity contribution in [2.24, 2.45) is 0 Å². The maximum Gasteiger partial charge on any atom is 0.411 e. The highest BCUT2D eigenvalue weighted by Crippen LogP contribution is 2.24. The summed E-state index contributed by atoms with van der Waals surface area (Å²) in [6, 6.07) is 5.47. The van der Waals surface area contributed by atoms with Crippen LogP contribution in [0.25, 0.3) is 0 Å². The Bertz CT molecular complexity index is 598. The van der Waals surface area contributed by atoms with Gasteiger partial charge in [-0.15, -0.1) is 0 Å². The maximum atomic E-state index is 11.5. The molecule has 1 aliphatic heterocycles. The topological polar surface area (TPSA) is 75.7 Å². The summed E-state index contributed by atoms with van der Waals surface area (Å²) in [4.78, 5) is 11.1. The predicted molar refractivity (Wildman–Crippen MR) is 71.4 cm³/mol. The summed E-state index contributed by atoms with van der Waals surface area (Å²) in [5, 5.41) is 2.57. The molecule has 6 nitrogen and oxygen atoms in total. The maximum absolute atomic E-state index is 11.5. The molecule has 1 amide bonds. The molecule has 0 radical (unpaired) electrons. The van der Waals surface area contributed by atoms with Crippen molar-refractivity contribution >= 4 is 21.8 Å². The SMILES string of the molecule is COC(=O)Nc1ccc2c(c1)CN(S(C)(=O)=O)CC2. The smallest absolute Gasteiger partial charge is 0.411 e. The Kier molecular flexibility index (Phi) is 3.77. The molecule has 7 heteroatoms. The molecular formula is C12H16N2O4S. The minimum Gasteiger partial charge on any atom is -0.453 e. The molecule has 1 aromatic carbocycles. The van der Waals surface area contributed by atoms with Crippen molar-refractivity contribution in [1.82, 2.24) is 4.31 Å². The Morgan fingerprint density at radius 2 is 2.11 bits per heavy atom. The van der Waals surface area contributed by atoms with E-state index in [1.165, 1.54) is 17.7 Å². The number of anilines is 1. The van der Waals surface area contributed by atoms with Crippen LogP contribution in [0, 0.1) is 0 Å². The van der Waals surface area contributed by atoms with Crippen LogP contribution in [0.15, 0.2) is 18.2 Å². The van der Waals surface area contributed by atoms with E-state index in [2.05, 4.69) is 10.1 Å². The zero-order chi connectivity index (χ0) is 14.0. The van der Waals surface area contributed by atoms with Gasteiger partial charge in [-0.05, 0) is 29.7 Å². The summed E-state index contributed by atoms with van der Waals surface area (Å²) >= 11 is 0. The molecule has 104 valence electrons. The van der Waals surface area contributed by atoms with Crippen LogP contribution >= 0.6 is 0 Å². The third kappa shape index (κ3) is 3.24. The fraction of sp³-hybridized carbons (Fsp3) is 0.417. The average molecular weight is 284 g/mol. The monoisotopic (exact) mass is 284 g/mol. The number of carbonyl (C=O) groups is 1. The Balaban J connectivity index is 2.22. The second-order valence-electron chi connectivity index (χ2n) is 4.45. The number of nitrogens with one attached hydrogen (secondary N) is 1. The molecule has 0 atom stereocenters. The number of carbonyl (C=O) groups excluding carboxylic acids is 1.